The van der Waals surface area contributed by atoms with Gasteiger partial charge in [-0.05, 0) is 33.3 Å². The number of hydrogen-bond acceptors (Lipinski definition) is 4. The molecule has 1 N–H and O–H groups in total. The van der Waals surface area contributed by atoms with Crippen molar-refractivity contribution in [3.05, 3.63) is 29.6 Å². The van der Waals surface area contributed by atoms with Gasteiger partial charge < -0.3 is 14.7 Å². The number of ether oxygens (including phenoxy) is 1. The Morgan fingerprint density at radius 2 is 1.88 bits per heavy atom. The van der Waals surface area contributed by atoms with Crippen molar-refractivity contribution in [2.75, 3.05) is 13.1 Å². The Kier molecular flexibility index (Phi) is 5.04. The third-order valence-electron chi connectivity index (χ3n) is 4.63. The second kappa shape index (κ2) is 6.40. The van der Waals surface area contributed by atoms with Crippen molar-refractivity contribution < 1.29 is 27.8 Å². The molecular weight excluding hydrogens is 349 g/mol. The number of nitrogens with zero attached hydrogens (tertiary/aromatic N) is 2. The Morgan fingerprint density at radius 1 is 1.27 bits per heavy atom. The second-order valence-corrected chi connectivity index (χ2v) is 8.33. The zero-order chi connectivity index (χ0) is 20.0. The van der Waals surface area contributed by atoms with Gasteiger partial charge in [0.2, 0.25) is 0 Å². The molecule has 5 nitrogen and oxygen atoms in total. The molecule has 1 aliphatic heterocycles. The van der Waals surface area contributed by atoms with E-state index in [4.69, 9.17) is 4.74 Å². The van der Waals surface area contributed by atoms with E-state index in [0.717, 1.165) is 12.3 Å². The topological polar surface area (TPSA) is 62.7 Å². The van der Waals surface area contributed by atoms with E-state index in [1.165, 1.54) is 11.0 Å². The van der Waals surface area contributed by atoms with Crippen LogP contribution in [0.4, 0.5) is 18.0 Å². The normalized spacial score (nSPS) is 23.7. The van der Waals surface area contributed by atoms with Crippen LogP contribution >= 0.6 is 0 Å². The molecule has 1 aromatic heterocycles. The molecule has 8 heteroatoms. The summed E-state index contributed by atoms with van der Waals surface area (Å²) >= 11 is 0. The number of rotatable bonds is 1. The maximum atomic E-state index is 12.7. The highest BCUT2D eigenvalue weighted by Crippen LogP contribution is 2.46. The van der Waals surface area contributed by atoms with Crippen LogP contribution in [0.15, 0.2) is 18.3 Å². The zero-order valence-electron chi connectivity index (χ0n) is 15.6. The number of carbonyl (C=O) groups excluding carboxylic acids is 1. The van der Waals surface area contributed by atoms with Gasteiger partial charge in [-0.25, -0.2) is 4.79 Å². The molecule has 146 valence electrons. The highest BCUT2D eigenvalue weighted by atomic mass is 19.4. The first-order valence-corrected chi connectivity index (χ1v) is 8.40. The maximum Gasteiger partial charge on any atom is 0.433 e. The predicted octanol–water partition coefficient (Wildman–Crippen LogP) is 3.96. The second-order valence-electron chi connectivity index (χ2n) is 8.33. The summed E-state index contributed by atoms with van der Waals surface area (Å²) in [7, 11) is 0. The summed E-state index contributed by atoms with van der Waals surface area (Å²) in [4.78, 5) is 17.2. The lowest BCUT2D eigenvalue weighted by Crippen LogP contribution is -2.57. The minimum atomic E-state index is -4.53. The largest absolute Gasteiger partial charge is 0.444 e. The molecule has 1 amide bonds. The Bertz CT molecular complexity index is 666. The molecule has 26 heavy (non-hydrogen) atoms. The van der Waals surface area contributed by atoms with Gasteiger partial charge in [0.05, 0.1) is 5.60 Å². The Hall–Kier alpha value is -1.83. The first kappa shape index (κ1) is 20.5. The molecule has 2 heterocycles. The molecule has 0 bridgehead atoms. The molecule has 0 aliphatic carbocycles. The highest BCUT2D eigenvalue weighted by molar-refractivity contribution is 5.68. The van der Waals surface area contributed by atoms with Crippen molar-refractivity contribution in [1.82, 2.24) is 9.88 Å². The van der Waals surface area contributed by atoms with Crippen LogP contribution in [0.2, 0.25) is 0 Å². The van der Waals surface area contributed by atoms with Gasteiger partial charge in [0, 0.05) is 30.3 Å². The first-order chi connectivity index (χ1) is 11.7. The van der Waals surface area contributed by atoms with Gasteiger partial charge in [-0.15, -0.1) is 0 Å². The smallest absolute Gasteiger partial charge is 0.433 e. The van der Waals surface area contributed by atoms with Crippen LogP contribution in [0.3, 0.4) is 0 Å². The number of aromatic nitrogens is 1. The van der Waals surface area contributed by atoms with Crippen molar-refractivity contribution in [3.8, 4) is 0 Å². The summed E-state index contributed by atoms with van der Waals surface area (Å²) in [6.45, 7) is 9.27. The molecule has 0 radical (unpaired) electrons. The lowest BCUT2D eigenvalue weighted by atomic mass is 9.67. The number of carbonyl (C=O) groups is 1. The molecule has 1 unspecified atom stereocenters. The Morgan fingerprint density at radius 3 is 2.31 bits per heavy atom. The molecular formula is C18H25F3N2O3. The fourth-order valence-corrected chi connectivity index (χ4v) is 3.15. The minimum absolute atomic E-state index is 0.173. The van der Waals surface area contributed by atoms with E-state index in [1.807, 2.05) is 0 Å². The van der Waals surface area contributed by atoms with Crippen molar-refractivity contribution in [3.63, 3.8) is 0 Å². The van der Waals surface area contributed by atoms with Gasteiger partial charge in [0.25, 0.3) is 0 Å². The minimum Gasteiger partial charge on any atom is -0.444 e. The standard InChI is InChI=1S/C18H25F3N2O3/c1-15(2,3)26-14(24)23-9-8-17(25,16(4,5)11-23)12-6-7-13(22-10-12)18(19,20)21/h6-7,10,25H,8-9,11H2,1-5H3. The van der Waals surface area contributed by atoms with Crippen molar-refractivity contribution in [2.24, 2.45) is 5.41 Å². The number of amides is 1. The fraction of sp³-hybridized carbons (Fsp3) is 0.667. The summed E-state index contributed by atoms with van der Waals surface area (Å²) in [5, 5.41) is 11.2. The molecule has 0 saturated carbocycles. The summed E-state index contributed by atoms with van der Waals surface area (Å²) < 4.78 is 43.5. The van der Waals surface area contributed by atoms with E-state index in [9.17, 15) is 23.1 Å². The molecule has 1 atom stereocenters. The summed E-state index contributed by atoms with van der Waals surface area (Å²) in [6, 6.07) is 2.12. The molecule has 1 aromatic rings. The van der Waals surface area contributed by atoms with Gasteiger partial charge in [-0.2, -0.15) is 13.2 Å². The van der Waals surface area contributed by atoms with Gasteiger partial charge in [-0.1, -0.05) is 19.9 Å². The number of piperidine rings is 1. The third kappa shape index (κ3) is 4.11. The van der Waals surface area contributed by atoms with Crippen LogP contribution in [0.5, 0.6) is 0 Å². The molecule has 1 aliphatic rings. The molecule has 1 saturated heterocycles. The lowest BCUT2D eigenvalue weighted by molar-refractivity contribution is -0.141. The maximum absolute atomic E-state index is 12.7. The summed E-state index contributed by atoms with van der Waals surface area (Å²) in [5.74, 6) is 0. The van der Waals surface area contributed by atoms with Crippen molar-refractivity contribution >= 4 is 6.09 Å². The van der Waals surface area contributed by atoms with E-state index >= 15 is 0 Å². The van der Waals surface area contributed by atoms with Crippen LogP contribution in [-0.4, -0.2) is 39.8 Å². The lowest BCUT2D eigenvalue weighted by Gasteiger charge is -2.50. The van der Waals surface area contributed by atoms with E-state index in [2.05, 4.69) is 4.98 Å². The van der Waals surface area contributed by atoms with Crippen LogP contribution in [-0.2, 0) is 16.5 Å². The molecule has 2 rings (SSSR count). The SMILES string of the molecule is CC(C)(C)OC(=O)N1CCC(O)(c2ccc(C(F)(F)F)nc2)C(C)(C)C1. The number of alkyl halides is 3. The van der Waals surface area contributed by atoms with Gasteiger partial charge in [-0.3, -0.25) is 4.98 Å². The van der Waals surface area contributed by atoms with Gasteiger partial charge in [0.1, 0.15) is 11.3 Å². The summed E-state index contributed by atoms with van der Waals surface area (Å²) in [5.41, 5.74) is -3.54. The molecule has 0 spiro atoms. The van der Waals surface area contributed by atoms with Crippen LogP contribution in [0, 0.1) is 5.41 Å². The van der Waals surface area contributed by atoms with Crippen molar-refractivity contribution in [1.29, 1.82) is 0 Å². The van der Waals surface area contributed by atoms with Crippen LogP contribution in [0.1, 0.15) is 52.3 Å². The quantitative estimate of drug-likeness (QED) is 0.808. The summed E-state index contributed by atoms with van der Waals surface area (Å²) in [6.07, 6.45) is -3.77. The average molecular weight is 374 g/mol. The van der Waals surface area contributed by atoms with E-state index in [-0.39, 0.29) is 19.5 Å². The number of halogens is 3. The number of aliphatic hydroxyl groups is 1. The third-order valence-corrected chi connectivity index (χ3v) is 4.63. The number of pyridine rings is 1. The van der Waals surface area contributed by atoms with E-state index < -0.39 is 34.6 Å². The Balaban J connectivity index is 2.22. The van der Waals surface area contributed by atoms with Gasteiger partial charge in [0.15, 0.2) is 0 Å². The average Bonchev–Trinajstić information content (AvgIpc) is 2.47. The van der Waals surface area contributed by atoms with E-state index in [1.54, 1.807) is 34.6 Å². The van der Waals surface area contributed by atoms with E-state index in [0.29, 0.717) is 5.56 Å². The molecule has 0 aromatic carbocycles. The number of hydrogen-bond donors (Lipinski definition) is 1. The highest BCUT2D eigenvalue weighted by Gasteiger charge is 2.50. The van der Waals surface area contributed by atoms with Crippen LogP contribution in [0.25, 0.3) is 0 Å². The van der Waals surface area contributed by atoms with Gasteiger partial charge >= 0.3 is 12.3 Å². The first-order valence-electron chi connectivity index (χ1n) is 8.40. The zero-order valence-corrected chi connectivity index (χ0v) is 15.6. The van der Waals surface area contributed by atoms with Crippen molar-refractivity contribution in [2.45, 2.75) is 58.4 Å². The number of likely N-dealkylation sites (tertiary alicyclic amines) is 1. The molecule has 1 fully saturated rings. The Labute approximate surface area is 151 Å². The fourth-order valence-electron chi connectivity index (χ4n) is 3.15. The monoisotopic (exact) mass is 374 g/mol. The predicted molar refractivity (Wildman–Crippen MR) is 89.3 cm³/mol. The van der Waals surface area contributed by atoms with Crippen LogP contribution < -0.4 is 0 Å².